The predicted molar refractivity (Wildman–Crippen MR) is 133 cm³/mol. The first-order valence-corrected chi connectivity index (χ1v) is 11.0. The minimum atomic E-state index is -0.855. The smallest absolute Gasteiger partial charge is 0.423 e. The van der Waals surface area contributed by atoms with E-state index in [0.29, 0.717) is 35.8 Å². The molecule has 9 nitrogen and oxygen atoms in total. The lowest BCUT2D eigenvalue weighted by Crippen LogP contribution is -2.42. The molecule has 0 aliphatic carbocycles. The average Bonchev–Trinajstić information content (AvgIpc) is 3.27. The van der Waals surface area contributed by atoms with E-state index in [1.165, 1.54) is 7.11 Å². The Kier molecular flexibility index (Phi) is 7.80. The molecule has 0 unspecified atom stereocenters. The molecule has 182 valence electrons. The largest absolute Gasteiger partial charge is 0.497 e. The Labute approximate surface area is 204 Å². The van der Waals surface area contributed by atoms with Crippen molar-refractivity contribution in [2.24, 2.45) is 0 Å². The summed E-state index contributed by atoms with van der Waals surface area (Å²) >= 11 is 0. The maximum absolute atomic E-state index is 13.9. The molecule has 1 aromatic carbocycles. The number of benzene rings is 1. The van der Waals surface area contributed by atoms with Crippen LogP contribution in [0.4, 0.5) is 10.6 Å². The van der Waals surface area contributed by atoms with Gasteiger partial charge in [-0.3, -0.25) is 4.79 Å². The summed E-state index contributed by atoms with van der Waals surface area (Å²) in [5.41, 5.74) is 0.550. The molecule has 0 aliphatic heterocycles. The molecule has 0 N–H and O–H groups in total. The number of amides is 2. The van der Waals surface area contributed by atoms with E-state index in [9.17, 15) is 9.59 Å². The minimum absolute atomic E-state index is 0.0854. The van der Waals surface area contributed by atoms with Crippen molar-refractivity contribution in [1.82, 2.24) is 19.7 Å². The molecule has 0 saturated heterocycles. The van der Waals surface area contributed by atoms with Crippen molar-refractivity contribution < 1.29 is 19.1 Å². The fourth-order valence-electron chi connectivity index (χ4n) is 3.32. The molecule has 0 aliphatic rings. The lowest BCUT2D eigenvalue weighted by Gasteiger charge is -2.26. The van der Waals surface area contributed by atoms with Gasteiger partial charge in [-0.2, -0.15) is 4.90 Å². The molecule has 0 atom stereocenters. The van der Waals surface area contributed by atoms with Gasteiger partial charge in [0.15, 0.2) is 5.82 Å². The third kappa shape index (κ3) is 6.00. The van der Waals surface area contributed by atoms with Crippen LogP contribution in [0.2, 0.25) is 0 Å². The number of carbonyl (C=O) groups is 2. The van der Waals surface area contributed by atoms with E-state index in [2.05, 4.69) is 28.3 Å². The Balaban J connectivity index is 2.14. The molecule has 2 amide bonds. The number of methoxy groups -OCH3 is 1. The van der Waals surface area contributed by atoms with Gasteiger partial charge in [0.1, 0.15) is 29.2 Å². The normalized spacial score (nSPS) is 11.0. The molecule has 3 rings (SSSR count). The number of carbonyl (C=O) groups excluding carboxylic acids is 2. The third-order valence-electron chi connectivity index (χ3n) is 4.82. The van der Waals surface area contributed by atoms with Crippen LogP contribution in [0, 0.1) is 0 Å². The summed E-state index contributed by atoms with van der Waals surface area (Å²) in [5, 5.41) is 8.07. The van der Waals surface area contributed by atoms with Gasteiger partial charge in [-0.25, -0.2) is 9.78 Å². The molecule has 9 heteroatoms. The van der Waals surface area contributed by atoms with Crippen LogP contribution in [0.5, 0.6) is 5.75 Å². The van der Waals surface area contributed by atoms with E-state index >= 15 is 0 Å². The van der Waals surface area contributed by atoms with Gasteiger partial charge in [-0.05, 0) is 57.0 Å². The standard InChI is InChI=1S/C26H29N5O4/c1-7-10-18-13-14-19(34-6)16-20(18)24(32)31(25(33)35-26(3,4)5)22-12-9-11-21(28-22)23-29-27-17-30(23)15-8-2/h7-9,11-14,16-17H,1-2,10,15H2,3-6H3. The van der Waals surface area contributed by atoms with Crippen LogP contribution in [0.15, 0.2) is 68.0 Å². The molecule has 0 saturated carbocycles. The second-order valence-electron chi connectivity index (χ2n) is 8.61. The number of imide groups is 1. The maximum atomic E-state index is 13.9. The highest BCUT2D eigenvalue weighted by atomic mass is 16.6. The van der Waals surface area contributed by atoms with E-state index in [-0.39, 0.29) is 11.4 Å². The summed E-state index contributed by atoms with van der Waals surface area (Å²) in [5.74, 6) is 0.427. The zero-order chi connectivity index (χ0) is 25.6. The lowest BCUT2D eigenvalue weighted by molar-refractivity contribution is 0.0563. The molecule has 2 heterocycles. The zero-order valence-electron chi connectivity index (χ0n) is 20.4. The predicted octanol–water partition coefficient (Wildman–Crippen LogP) is 4.85. The first-order chi connectivity index (χ1) is 16.7. The molecule has 2 aromatic heterocycles. The number of pyridine rings is 1. The molecule has 0 bridgehead atoms. The number of rotatable bonds is 8. The molecule has 0 fully saturated rings. The second kappa shape index (κ2) is 10.8. The van der Waals surface area contributed by atoms with Gasteiger partial charge >= 0.3 is 6.09 Å². The summed E-state index contributed by atoms with van der Waals surface area (Å²) in [6.07, 6.45) is 4.51. The van der Waals surface area contributed by atoms with Crippen molar-refractivity contribution in [2.45, 2.75) is 39.3 Å². The highest BCUT2D eigenvalue weighted by Crippen LogP contribution is 2.26. The zero-order valence-corrected chi connectivity index (χ0v) is 20.4. The van der Waals surface area contributed by atoms with Gasteiger partial charge in [0, 0.05) is 12.1 Å². The number of allylic oxidation sites excluding steroid dienone is 2. The number of nitrogens with zero attached hydrogens (tertiary/aromatic N) is 5. The number of aromatic nitrogens is 4. The Morgan fingerprint density at radius 3 is 2.57 bits per heavy atom. The first-order valence-electron chi connectivity index (χ1n) is 11.0. The van der Waals surface area contributed by atoms with E-state index in [4.69, 9.17) is 9.47 Å². The van der Waals surface area contributed by atoms with Crippen LogP contribution in [0.3, 0.4) is 0 Å². The highest BCUT2D eigenvalue weighted by molar-refractivity contribution is 6.19. The molecule has 3 aromatic rings. The fraction of sp³-hybridized carbons (Fsp3) is 0.269. The monoisotopic (exact) mass is 475 g/mol. The number of hydrogen-bond acceptors (Lipinski definition) is 7. The van der Waals surface area contributed by atoms with Gasteiger partial charge in [0.25, 0.3) is 5.91 Å². The summed E-state index contributed by atoms with van der Waals surface area (Å²) in [6.45, 7) is 13.2. The van der Waals surface area contributed by atoms with Gasteiger partial charge in [0.05, 0.1) is 7.11 Å². The van der Waals surface area contributed by atoms with Crippen molar-refractivity contribution >= 4 is 17.8 Å². The summed E-state index contributed by atoms with van der Waals surface area (Å²) < 4.78 is 12.6. The van der Waals surface area contributed by atoms with Gasteiger partial charge < -0.3 is 14.0 Å². The summed E-state index contributed by atoms with van der Waals surface area (Å²) in [6, 6.07) is 10.1. The van der Waals surface area contributed by atoms with E-state index in [1.807, 2.05) is 0 Å². The Hall–Kier alpha value is -4.27. The van der Waals surface area contributed by atoms with E-state index in [0.717, 1.165) is 4.90 Å². The van der Waals surface area contributed by atoms with Crippen LogP contribution in [-0.2, 0) is 17.7 Å². The van der Waals surface area contributed by atoms with Crippen LogP contribution in [0.25, 0.3) is 11.5 Å². The first kappa shape index (κ1) is 25.4. The Bertz CT molecular complexity index is 1240. The van der Waals surface area contributed by atoms with Crippen molar-refractivity contribution in [3.63, 3.8) is 0 Å². The van der Waals surface area contributed by atoms with Crippen molar-refractivity contribution in [2.75, 3.05) is 12.0 Å². The molecule has 0 spiro atoms. The van der Waals surface area contributed by atoms with E-state index in [1.54, 1.807) is 80.2 Å². The van der Waals surface area contributed by atoms with Crippen LogP contribution in [0.1, 0.15) is 36.7 Å². The number of hydrogen-bond donors (Lipinski definition) is 0. The van der Waals surface area contributed by atoms with Crippen molar-refractivity contribution in [1.29, 1.82) is 0 Å². The topological polar surface area (TPSA) is 99.4 Å². The number of ether oxygens (including phenoxy) is 2. The van der Waals surface area contributed by atoms with E-state index < -0.39 is 17.6 Å². The summed E-state index contributed by atoms with van der Waals surface area (Å²) in [7, 11) is 1.51. The van der Waals surface area contributed by atoms with Crippen LogP contribution >= 0.6 is 0 Å². The summed E-state index contributed by atoms with van der Waals surface area (Å²) in [4.78, 5) is 32.7. The fourth-order valence-corrected chi connectivity index (χ4v) is 3.32. The quantitative estimate of drug-likeness (QED) is 0.430. The Morgan fingerprint density at radius 1 is 1.14 bits per heavy atom. The van der Waals surface area contributed by atoms with Gasteiger partial charge in [0.2, 0.25) is 0 Å². The minimum Gasteiger partial charge on any atom is -0.497 e. The molecular weight excluding hydrogens is 446 g/mol. The Morgan fingerprint density at radius 2 is 1.91 bits per heavy atom. The van der Waals surface area contributed by atoms with Crippen LogP contribution in [-0.4, -0.2) is 44.5 Å². The van der Waals surface area contributed by atoms with Crippen molar-refractivity contribution in [3.05, 3.63) is 79.2 Å². The highest BCUT2D eigenvalue weighted by Gasteiger charge is 2.32. The maximum Gasteiger partial charge on any atom is 0.423 e. The van der Waals surface area contributed by atoms with Crippen LogP contribution < -0.4 is 9.64 Å². The second-order valence-corrected chi connectivity index (χ2v) is 8.61. The van der Waals surface area contributed by atoms with Gasteiger partial charge in [-0.15, -0.1) is 23.4 Å². The van der Waals surface area contributed by atoms with Crippen molar-refractivity contribution in [3.8, 4) is 17.3 Å². The number of anilines is 1. The van der Waals surface area contributed by atoms with Gasteiger partial charge in [-0.1, -0.05) is 24.3 Å². The average molecular weight is 476 g/mol. The third-order valence-corrected chi connectivity index (χ3v) is 4.82. The molecule has 35 heavy (non-hydrogen) atoms. The lowest BCUT2D eigenvalue weighted by atomic mass is 10.0. The molecule has 0 radical (unpaired) electrons. The molecular formula is C26H29N5O4. The SMILES string of the molecule is C=CCc1ccc(OC)cc1C(=O)N(C(=O)OC(C)(C)C)c1cccc(-c2nncn2CC=C)n1.